The predicted molar refractivity (Wildman–Crippen MR) is 93.2 cm³/mol. The lowest BCUT2D eigenvalue weighted by Gasteiger charge is -2.24. The van der Waals surface area contributed by atoms with Gasteiger partial charge >= 0.3 is 0 Å². The maximum absolute atomic E-state index is 6.22. The molecule has 1 heterocycles. The molecule has 0 radical (unpaired) electrons. The van der Waals surface area contributed by atoms with E-state index in [0.29, 0.717) is 0 Å². The zero-order valence-corrected chi connectivity index (χ0v) is 13.9. The van der Waals surface area contributed by atoms with Gasteiger partial charge in [0.15, 0.2) is 0 Å². The quantitative estimate of drug-likeness (QED) is 0.688. The molecule has 0 bridgehead atoms. The molecule has 1 atom stereocenters. The number of fused-ring (bicyclic) bond motifs is 1. The lowest BCUT2D eigenvalue weighted by molar-refractivity contribution is 0.199. The average Bonchev–Trinajstić information content (AvgIpc) is 2.87. The molecule has 0 saturated heterocycles. The second-order valence-electron chi connectivity index (χ2n) is 5.67. The van der Waals surface area contributed by atoms with Gasteiger partial charge in [-0.2, -0.15) is 5.10 Å². The summed E-state index contributed by atoms with van der Waals surface area (Å²) in [6.45, 7) is 2.18. The molecule has 114 valence electrons. The molecule has 1 unspecified atom stereocenters. The Morgan fingerprint density at radius 2 is 1.86 bits per heavy atom. The zero-order valence-electron chi connectivity index (χ0n) is 13.1. The molecule has 0 spiro atoms. The normalized spacial score (nSPS) is 13.0. The van der Waals surface area contributed by atoms with Crippen molar-refractivity contribution in [2.75, 3.05) is 14.1 Å². The highest BCUT2D eigenvalue weighted by Crippen LogP contribution is 2.32. The fourth-order valence-corrected chi connectivity index (χ4v) is 3.08. The van der Waals surface area contributed by atoms with E-state index >= 15 is 0 Å². The molecule has 3 nitrogen and oxygen atoms in total. The van der Waals surface area contributed by atoms with Gasteiger partial charge in [-0.15, -0.1) is 0 Å². The van der Waals surface area contributed by atoms with Crippen LogP contribution in [-0.4, -0.2) is 28.8 Å². The third-order valence-corrected chi connectivity index (χ3v) is 4.19. The summed E-state index contributed by atoms with van der Waals surface area (Å²) in [6, 6.07) is 16.3. The van der Waals surface area contributed by atoms with Crippen LogP contribution in [0.1, 0.15) is 19.5 Å². The number of benzene rings is 2. The van der Waals surface area contributed by atoms with Crippen LogP contribution in [0.25, 0.3) is 22.2 Å². The molecular weight excluding hydrogens is 294 g/mol. The van der Waals surface area contributed by atoms with E-state index in [1.54, 1.807) is 0 Å². The minimum absolute atomic E-state index is 0.223. The minimum Gasteiger partial charge on any atom is -0.288 e. The van der Waals surface area contributed by atoms with Crippen LogP contribution in [0.5, 0.6) is 0 Å². The van der Waals surface area contributed by atoms with Gasteiger partial charge in [0.2, 0.25) is 0 Å². The van der Waals surface area contributed by atoms with Crippen LogP contribution in [0, 0.1) is 0 Å². The van der Waals surface area contributed by atoms with Gasteiger partial charge in [0.05, 0.1) is 5.52 Å². The Hall–Kier alpha value is -1.84. The van der Waals surface area contributed by atoms with Crippen LogP contribution in [0.4, 0.5) is 0 Å². The summed E-state index contributed by atoms with van der Waals surface area (Å²) < 4.78 is 2.11. The van der Waals surface area contributed by atoms with Gasteiger partial charge in [0, 0.05) is 16.0 Å². The Morgan fingerprint density at radius 1 is 1.14 bits per heavy atom. The Balaban J connectivity index is 2.27. The predicted octanol–water partition coefficient (Wildman–Crippen LogP) is 4.83. The summed E-state index contributed by atoms with van der Waals surface area (Å²) in [4.78, 5) is 2.19. The first-order valence-corrected chi connectivity index (χ1v) is 7.89. The van der Waals surface area contributed by atoms with E-state index in [1.165, 1.54) is 0 Å². The average molecular weight is 314 g/mol. The van der Waals surface area contributed by atoms with Crippen molar-refractivity contribution in [2.45, 2.75) is 19.5 Å². The molecule has 0 aliphatic carbocycles. The molecule has 3 aromatic rings. The van der Waals surface area contributed by atoms with Gasteiger partial charge in [-0.1, -0.05) is 48.9 Å². The van der Waals surface area contributed by atoms with Crippen LogP contribution >= 0.6 is 11.6 Å². The number of hydrogen-bond acceptors (Lipinski definition) is 2. The van der Waals surface area contributed by atoms with Gasteiger partial charge in [0.1, 0.15) is 11.9 Å². The van der Waals surface area contributed by atoms with Gasteiger partial charge in [-0.3, -0.25) is 4.90 Å². The van der Waals surface area contributed by atoms with E-state index in [2.05, 4.69) is 48.8 Å². The van der Waals surface area contributed by atoms with Crippen LogP contribution in [0.15, 0.2) is 48.5 Å². The van der Waals surface area contributed by atoms with E-state index in [1.807, 2.05) is 30.3 Å². The number of nitrogens with zero attached hydrogens (tertiary/aromatic N) is 3. The first kappa shape index (κ1) is 15.1. The van der Waals surface area contributed by atoms with Crippen molar-refractivity contribution in [3.8, 4) is 11.3 Å². The minimum atomic E-state index is 0.223. The molecule has 0 N–H and O–H groups in total. The molecule has 0 amide bonds. The molecule has 0 aliphatic heterocycles. The SMILES string of the molecule is CCC(N(C)C)n1nc(-c2ccccc2)c2cc(Cl)ccc21. The van der Waals surface area contributed by atoms with Gasteiger partial charge in [-0.05, 0) is 38.7 Å². The second-order valence-corrected chi connectivity index (χ2v) is 6.11. The summed E-state index contributed by atoms with van der Waals surface area (Å²) in [5.41, 5.74) is 3.21. The zero-order chi connectivity index (χ0) is 15.7. The standard InChI is InChI=1S/C18H20ClN3/c1-4-17(21(2)3)22-16-11-10-14(19)12-15(16)18(20-22)13-8-6-5-7-9-13/h5-12,17H,4H2,1-3H3. The molecule has 0 fully saturated rings. The van der Waals surface area contributed by atoms with Crippen LogP contribution < -0.4 is 0 Å². The van der Waals surface area contributed by atoms with Crippen molar-refractivity contribution in [1.82, 2.24) is 14.7 Å². The van der Waals surface area contributed by atoms with Crippen LogP contribution in [-0.2, 0) is 0 Å². The van der Waals surface area contributed by atoms with E-state index in [4.69, 9.17) is 16.7 Å². The van der Waals surface area contributed by atoms with Crippen molar-refractivity contribution in [1.29, 1.82) is 0 Å². The largest absolute Gasteiger partial charge is 0.288 e. The molecule has 0 saturated carbocycles. The Bertz CT molecular complexity index is 778. The summed E-state index contributed by atoms with van der Waals surface area (Å²) in [5, 5.41) is 6.74. The van der Waals surface area contributed by atoms with E-state index in [0.717, 1.165) is 33.6 Å². The van der Waals surface area contributed by atoms with E-state index in [-0.39, 0.29) is 6.17 Å². The third kappa shape index (κ3) is 2.62. The summed E-state index contributed by atoms with van der Waals surface area (Å²) in [7, 11) is 4.17. The highest BCUT2D eigenvalue weighted by Gasteiger charge is 2.19. The van der Waals surface area contributed by atoms with Gasteiger partial charge in [-0.25, -0.2) is 4.68 Å². The van der Waals surface area contributed by atoms with Crippen molar-refractivity contribution in [3.63, 3.8) is 0 Å². The van der Waals surface area contributed by atoms with Crippen molar-refractivity contribution >= 4 is 22.5 Å². The van der Waals surface area contributed by atoms with Gasteiger partial charge in [0.25, 0.3) is 0 Å². The highest BCUT2D eigenvalue weighted by atomic mass is 35.5. The van der Waals surface area contributed by atoms with Crippen LogP contribution in [0.2, 0.25) is 5.02 Å². The molecule has 1 aromatic heterocycles. The number of rotatable bonds is 4. The Morgan fingerprint density at radius 3 is 2.50 bits per heavy atom. The van der Waals surface area contributed by atoms with Crippen LogP contribution in [0.3, 0.4) is 0 Å². The third-order valence-electron chi connectivity index (χ3n) is 3.96. The molecule has 0 aliphatic rings. The second kappa shape index (κ2) is 6.11. The summed E-state index contributed by atoms with van der Waals surface area (Å²) >= 11 is 6.22. The maximum Gasteiger partial charge on any atom is 0.104 e. The number of halogens is 1. The fraction of sp³-hybridized carbons (Fsp3) is 0.278. The molecular formula is C18H20ClN3. The maximum atomic E-state index is 6.22. The fourth-order valence-electron chi connectivity index (χ4n) is 2.91. The smallest absolute Gasteiger partial charge is 0.104 e. The number of aromatic nitrogens is 2. The van der Waals surface area contributed by atoms with E-state index < -0.39 is 0 Å². The monoisotopic (exact) mass is 313 g/mol. The summed E-state index contributed by atoms with van der Waals surface area (Å²) in [5.74, 6) is 0. The lowest BCUT2D eigenvalue weighted by atomic mass is 10.1. The molecule has 4 heteroatoms. The first-order chi connectivity index (χ1) is 10.6. The highest BCUT2D eigenvalue weighted by molar-refractivity contribution is 6.31. The first-order valence-electron chi connectivity index (χ1n) is 7.51. The van der Waals surface area contributed by atoms with Gasteiger partial charge < -0.3 is 0 Å². The Labute approximate surface area is 136 Å². The van der Waals surface area contributed by atoms with Crippen molar-refractivity contribution in [3.05, 3.63) is 53.6 Å². The molecule has 22 heavy (non-hydrogen) atoms. The Kier molecular flexibility index (Phi) is 4.19. The summed E-state index contributed by atoms with van der Waals surface area (Å²) in [6.07, 6.45) is 1.21. The molecule has 2 aromatic carbocycles. The van der Waals surface area contributed by atoms with E-state index in [9.17, 15) is 0 Å². The van der Waals surface area contributed by atoms with Crippen molar-refractivity contribution < 1.29 is 0 Å². The molecule has 3 rings (SSSR count). The topological polar surface area (TPSA) is 21.1 Å². The van der Waals surface area contributed by atoms with Crippen molar-refractivity contribution in [2.24, 2.45) is 0 Å². The lowest BCUT2D eigenvalue weighted by Crippen LogP contribution is -2.25. The number of hydrogen-bond donors (Lipinski definition) is 0.